The molecule has 0 saturated carbocycles. The van der Waals surface area contributed by atoms with E-state index in [0.29, 0.717) is 32.5 Å². The molecule has 220 valence electrons. The van der Waals surface area contributed by atoms with Crippen LogP contribution in [0.2, 0.25) is 0 Å². The average Bonchev–Trinajstić information content (AvgIpc) is 3.45. The molecule has 1 heterocycles. The fourth-order valence-electron chi connectivity index (χ4n) is 5.35. The standard InChI is InChI=1S/C37H40N4O2/c1-39(2)33-19-17-31(18-20-33)27-40(24-22-32-26-38-35-16-10-9-15-34(32)35)37(43)28-41(23-21-29-11-5-3-6-12-29)36(42)25-30-13-7-4-8-14-30/h3-20,26,38H,21-25,27-28H2,1-2H3. The highest BCUT2D eigenvalue weighted by Gasteiger charge is 2.22. The fraction of sp³-hybridized carbons (Fsp3) is 0.243. The number of hydrogen-bond donors (Lipinski definition) is 1. The molecule has 0 saturated heterocycles. The van der Waals surface area contributed by atoms with Crippen LogP contribution in [0.15, 0.2) is 115 Å². The number of aromatic amines is 1. The molecule has 6 nitrogen and oxygen atoms in total. The highest BCUT2D eigenvalue weighted by molar-refractivity contribution is 5.86. The number of nitrogens with zero attached hydrogens (tertiary/aromatic N) is 3. The van der Waals surface area contributed by atoms with Crippen LogP contribution in [0.4, 0.5) is 5.69 Å². The number of para-hydroxylation sites is 1. The Morgan fingerprint density at radius 1 is 0.628 bits per heavy atom. The molecule has 0 atom stereocenters. The van der Waals surface area contributed by atoms with Gasteiger partial charge in [-0.15, -0.1) is 0 Å². The Bertz CT molecular complexity index is 1610. The molecule has 1 aromatic heterocycles. The summed E-state index contributed by atoms with van der Waals surface area (Å²) in [5, 5.41) is 1.17. The smallest absolute Gasteiger partial charge is 0.242 e. The van der Waals surface area contributed by atoms with Gasteiger partial charge in [-0.2, -0.15) is 0 Å². The van der Waals surface area contributed by atoms with Gasteiger partial charge in [-0.1, -0.05) is 91.0 Å². The monoisotopic (exact) mass is 572 g/mol. The normalized spacial score (nSPS) is 10.9. The highest BCUT2D eigenvalue weighted by Crippen LogP contribution is 2.20. The molecule has 0 fully saturated rings. The third kappa shape index (κ3) is 8.13. The van der Waals surface area contributed by atoms with Gasteiger partial charge in [0.15, 0.2) is 0 Å². The van der Waals surface area contributed by atoms with Gasteiger partial charge in [-0.05, 0) is 53.3 Å². The van der Waals surface area contributed by atoms with Gasteiger partial charge >= 0.3 is 0 Å². The maximum Gasteiger partial charge on any atom is 0.242 e. The molecule has 0 bridgehead atoms. The summed E-state index contributed by atoms with van der Waals surface area (Å²) in [6, 6.07) is 36.4. The Kier molecular flexibility index (Phi) is 9.90. The molecular weight excluding hydrogens is 532 g/mol. The number of carbonyl (C=O) groups is 2. The quantitative estimate of drug-likeness (QED) is 0.185. The largest absolute Gasteiger partial charge is 0.378 e. The number of anilines is 1. The van der Waals surface area contributed by atoms with E-state index in [0.717, 1.165) is 27.9 Å². The van der Waals surface area contributed by atoms with Gasteiger partial charge in [0.1, 0.15) is 0 Å². The molecule has 5 aromatic rings. The van der Waals surface area contributed by atoms with Crippen molar-refractivity contribution >= 4 is 28.4 Å². The number of H-pyrrole nitrogens is 1. The zero-order valence-electron chi connectivity index (χ0n) is 25.1. The second-order valence-corrected chi connectivity index (χ2v) is 11.2. The highest BCUT2D eigenvalue weighted by atomic mass is 16.2. The van der Waals surface area contributed by atoms with Crippen molar-refractivity contribution in [3.63, 3.8) is 0 Å². The number of benzene rings is 4. The van der Waals surface area contributed by atoms with Crippen LogP contribution in [0.1, 0.15) is 22.3 Å². The minimum Gasteiger partial charge on any atom is -0.378 e. The summed E-state index contributed by atoms with van der Waals surface area (Å²) in [6.45, 7) is 1.56. The lowest BCUT2D eigenvalue weighted by atomic mass is 10.1. The molecule has 0 spiro atoms. The summed E-state index contributed by atoms with van der Waals surface area (Å²) in [5.74, 6) is -0.0894. The maximum absolute atomic E-state index is 14.0. The second-order valence-electron chi connectivity index (χ2n) is 11.2. The lowest BCUT2D eigenvalue weighted by Gasteiger charge is -2.28. The van der Waals surface area contributed by atoms with Gasteiger partial charge in [0.25, 0.3) is 0 Å². The predicted molar refractivity (Wildman–Crippen MR) is 175 cm³/mol. The number of amides is 2. The lowest BCUT2D eigenvalue weighted by molar-refractivity contribution is -0.140. The number of rotatable bonds is 13. The summed E-state index contributed by atoms with van der Waals surface area (Å²) in [5.41, 5.74) is 6.53. The summed E-state index contributed by atoms with van der Waals surface area (Å²) < 4.78 is 0. The molecule has 1 N–H and O–H groups in total. The second kappa shape index (κ2) is 14.4. The third-order valence-corrected chi connectivity index (χ3v) is 7.90. The van der Waals surface area contributed by atoms with Crippen LogP contribution < -0.4 is 4.90 Å². The Labute approximate surface area is 254 Å². The van der Waals surface area contributed by atoms with E-state index in [2.05, 4.69) is 58.4 Å². The van der Waals surface area contributed by atoms with Crippen molar-refractivity contribution in [3.05, 3.63) is 138 Å². The maximum atomic E-state index is 14.0. The van der Waals surface area contributed by atoms with E-state index in [9.17, 15) is 9.59 Å². The first-order valence-electron chi connectivity index (χ1n) is 14.9. The first-order chi connectivity index (χ1) is 21.0. The minimum absolute atomic E-state index is 0.0394. The number of fused-ring (bicyclic) bond motifs is 1. The van der Waals surface area contributed by atoms with Crippen molar-refractivity contribution in [2.75, 3.05) is 38.6 Å². The zero-order valence-corrected chi connectivity index (χ0v) is 25.1. The molecule has 2 amide bonds. The van der Waals surface area contributed by atoms with E-state index in [1.54, 1.807) is 4.90 Å². The Morgan fingerprint density at radius 3 is 1.95 bits per heavy atom. The Morgan fingerprint density at radius 2 is 1.26 bits per heavy atom. The molecule has 0 aliphatic rings. The van der Waals surface area contributed by atoms with E-state index in [1.165, 1.54) is 10.9 Å². The van der Waals surface area contributed by atoms with Crippen molar-refractivity contribution in [1.82, 2.24) is 14.8 Å². The van der Waals surface area contributed by atoms with Crippen LogP contribution in [0.3, 0.4) is 0 Å². The summed E-state index contributed by atoms with van der Waals surface area (Å²) >= 11 is 0. The Hall–Kier alpha value is -4.84. The van der Waals surface area contributed by atoms with Crippen LogP contribution in [-0.4, -0.2) is 60.3 Å². The van der Waals surface area contributed by atoms with Crippen LogP contribution >= 0.6 is 0 Å². The molecule has 6 heteroatoms. The van der Waals surface area contributed by atoms with Gasteiger partial charge in [-0.3, -0.25) is 9.59 Å². The van der Waals surface area contributed by atoms with Gasteiger partial charge < -0.3 is 19.7 Å². The number of aromatic nitrogens is 1. The van der Waals surface area contributed by atoms with E-state index in [4.69, 9.17) is 0 Å². The average molecular weight is 573 g/mol. The molecule has 0 aliphatic carbocycles. The minimum atomic E-state index is -0.0500. The molecular formula is C37H40N4O2. The molecule has 5 rings (SSSR count). The zero-order chi connectivity index (χ0) is 30.0. The number of nitrogens with one attached hydrogen (secondary N) is 1. The van der Waals surface area contributed by atoms with E-state index >= 15 is 0 Å². The van der Waals surface area contributed by atoms with Crippen LogP contribution in [0.5, 0.6) is 0 Å². The first kappa shape index (κ1) is 29.6. The Balaban J connectivity index is 1.35. The van der Waals surface area contributed by atoms with E-state index in [-0.39, 0.29) is 24.8 Å². The van der Waals surface area contributed by atoms with Crippen molar-refractivity contribution in [2.45, 2.75) is 25.8 Å². The molecule has 0 unspecified atom stereocenters. The fourth-order valence-corrected chi connectivity index (χ4v) is 5.35. The predicted octanol–water partition coefficient (Wildman–Crippen LogP) is 6.12. The van der Waals surface area contributed by atoms with Crippen LogP contribution in [0.25, 0.3) is 10.9 Å². The van der Waals surface area contributed by atoms with Crippen molar-refractivity contribution < 1.29 is 9.59 Å². The third-order valence-electron chi connectivity index (χ3n) is 7.90. The molecule has 43 heavy (non-hydrogen) atoms. The molecule has 0 aliphatic heterocycles. The van der Waals surface area contributed by atoms with Gasteiger partial charge in [0, 0.05) is 56.5 Å². The van der Waals surface area contributed by atoms with Crippen LogP contribution in [0, 0.1) is 0 Å². The van der Waals surface area contributed by atoms with E-state index < -0.39 is 0 Å². The number of carbonyl (C=O) groups excluding carboxylic acids is 2. The van der Waals surface area contributed by atoms with Gasteiger partial charge in [0.2, 0.25) is 11.8 Å². The first-order valence-corrected chi connectivity index (χ1v) is 14.9. The number of hydrogen-bond acceptors (Lipinski definition) is 3. The molecule has 0 radical (unpaired) electrons. The summed E-state index contributed by atoms with van der Waals surface area (Å²) in [4.78, 5) is 36.7. The van der Waals surface area contributed by atoms with Gasteiger partial charge in [0.05, 0.1) is 13.0 Å². The summed E-state index contributed by atoms with van der Waals surface area (Å²) in [6.07, 6.45) is 3.71. The summed E-state index contributed by atoms with van der Waals surface area (Å²) in [7, 11) is 4.03. The van der Waals surface area contributed by atoms with Crippen molar-refractivity contribution in [3.8, 4) is 0 Å². The molecule has 4 aromatic carbocycles. The SMILES string of the molecule is CN(C)c1ccc(CN(CCc2c[nH]c3ccccc23)C(=O)CN(CCc2ccccc2)C(=O)Cc2ccccc2)cc1. The van der Waals surface area contributed by atoms with Gasteiger partial charge in [-0.25, -0.2) is 0 Å². The topological polar surface area (TPSA) is 59.7 Å². The van der Waals surface area contributed by atoms with Crippen molar-refractivity contribution in [2.24, 2.45) is 0 Å². The van der Waals surface area contributed by atoms with Crippen molar-refractivity contribution in [1.29, 1.82) is 0 Å². The van der Waals surface area contributed by atoms with Crippen LogP contribution in [-0.2, 0) is 35.4 Å². The lowest BCUT2D eigenvalue weighted by Crippen LogP contribution is -2.44. The van der Waals surface area contributed by atoms with E-state index in [1.807, 2.05) is 85.9 Å².